The second-order valence-electron chi connectivity index (χ2n) is 18.2. The summed E-state index contributed by atoms with van der Waals surface area (Å²) >= 11 is 0. The van der Waals surface area contributed by atoms with E-state index in [1.54, 1.807) is 27.7 Å². The third kappa shape index (κ3) is 12.0. The highest BCUT2D eigenvalue weighted by atomic mass is 16.7. The van der Waals surface area contributed by atoms with Crippen molar-refractivity contribution < 1.29 is 54.1 Å². The van der Waals surface area contributed by atoms with Gasteiger partial charge in [0, 0.05) is 42.1 Å². The van der Waals surface area contributed by atoms with Crippen LogP contribution in [0.3, 0.4) is 0 Å². The number of ether oxygens (including phenoxy) is 3. The fourth-order valence-electron chi connectivity index (χ4n) is 9.37. The molecule has 0 radical (unpaired) electrons. The van der Waals surface area contributed by atoms with Crippen molar-refractivity contribution in [1.82, 2.24) is 0 Å². The van der Waals surface area contributed by atoms with Crippen molar-refractivity contribution in [3.05, 3.63) is 36.5 Å². The molecule has 3 aliphatic heterocycles. The Bertz CT molecular complexity index is 1400. The number of ketones is 2. The van der Waals surface area contributed by atoms with Crippen LogP contribution in [0.25, 0.3) is 0 Å². The molecule has 0 aromatic rings. The normalized spacial score (nSPS) is 44.5. The van der Waals surface area contributed by atoms with Gasteiger partial charge in [0.1, 0.15) is 17.5 Å². The van der Waals surface area contributed by atoms with E-state index in [0.717, 1.165) is 19.3 Å². The SMILES string of the molecule is CC[C@@H]1C=CC=CC[C@H](C)[C@@H](O)[C@](C)(O)C(=O)[C@H](C)[C@@H](O)[C@H](C)C(=O)[C@H](C)[C@@H](O)[C@H](C)C=CC(=O)O[C@H]2[C@@H](C)[C@@H](CC1)O[C@]1(CC[C@@H](C)[C@@H](C[C@H](C)O)O1)[C@@H]2CC. The van der Waals surface area contributed by atoms with Gasteiger partial charge in [0.2, 0.25) is 0 Å². The Morgan fingerprint density at radius 2 is 1.47 bits per heavy atom. The van der Waals surface area contributed by atoms with Crippen molar-refractivity contribution in [1.29, 1.82) is 0 Å². The molecule has 1 spiro atoms. The summed E-state index contributed by atoms with van der Waals surface area (Å²) in [6, 6.07) is 0. The number of Topliss-reactive ketones (excluding diaryl/α,β-unsaturated/α-hetero) is 2. The summed E-state index contributed by atoms with van der Waals surface area (Å²) < 4.78 is 20.3. The van der Waals surface area contributed by atoms with Crippen LogP contribution in [-0.2, 0) is 28.6 Å². The van der Waals surface area contributed by atoms with Crippen LogP contribution in [0.1, 0.15) is 128 Å². The quantitative estimate of drug-likeness (QED) is 0.202. The van der Waals surface area contributed by atoms with Gasteiger partial charge in [-0.3, -0.25) is 9.59 Å². The van der Waals surface area contributed by atoms with Gasteiger partial charge in [-0.1, -0.05) is 92.7 Å². The van der Waals surface area contributed by atoms with Crippen LogP contribution < -0.4 is 0 Å². The molecule has 3 heterocycles. The molecule has 57 heavy (non-hydrogen) atoms. The zero-order chi connectivity index (χ0) is 43.0. The molecular weight excluding hydrogens is 728 g/mol. The Kier molecular flexibility index (Phi) is 18.4. The molecule has 0 unspecified atom stereocenters. The molecule has 0 aliphatic carbocycles. The van der Waals surface area contributed by atoms with Gasteiger partial charge in [0.05, 0.1) is 42.5 Å². The van der Waals surface area contributed by atoms with Crippen molar-refractivity contribution in [2.24, 2.45) is 53.3 Å². The number of hydrogen-bond donors (Lipinski definition) is 5. The van der Waals surface area contributed by atoms with E-state index in [1.165, 1.54) is 32.9 Å². The summed E-state index contributed by atoms with van der Waals surface area (Å²) in [5, 5.41) is 55.2. The molecule has 2 saturated heterocycles. The molecule has 3 rings (SSSR count). The lowest BCUT2D eigenvalue weighted by atomic mass is 9.73. The second-order valence-corrected chi connectivity index (χ2v) is 18.2. The van der Waals surface area contributed by atoms with Gasteiger partial charge in [-0.2, -0.15) is 0 Å². The summed E-state index contributed by atoms with van der Waals surface area (Å²) in [4.78, 5) is 40.7. The molecule has 2 bridgehead atoms. The van der Waals surface area contributed by atoms with Gasteiger partial charge in [-0.25, -0.2) is 4.79 Å². The molecule has 326 valence electrons. The van der Waals surface area contributed by atoms with E-state index in [-0.39, 0.29) is 35.9 Å². The molecule has 0 saturated carbocycles. The van der Waals surface area contributed by atoms with E-state index in [2.05, 4.69) is 26.8 Å². The Balaban J connectivity index is 2.02. The summed E-state index contributed by atoms with van der Waals surface area (Å²) in [7, 11) is 0. The van der Waals surface area contributed by atoms with Crippen molar-refractivity contribution in [3.63, 3.8) is 0 Å². The van der Waals surface area contributed by atoms with Crippen LogP contribution in [0, 0.1) is 53.3 Å². The number of carbonyl (C=O) groups excluding carboxylic acids is 3. The van der Waals surface area contributed by atoms with E-state index >= 15 is 0 Å². The highest BCUT2D eigenvalue weighted by Gasteiger charge is 2.57. The number of aliphatic hydroxyl groups excluding tert-OH is 4. The first kappa shape index (κ1) is 49.1. The fraction of sp³-hybridized carbons (Fsp3) is 0.804. The minimum Gasteiger partial charge on any atom is -0.458 e. The molecular formula is C46H76O11. The average Bonchev–Trinajstić information content (AvgIpc) is 3.17. The number of fused-ring (bicyclic) bond motifs is 2. The zero-order valence-corrected chi connectivity index (χ0v) is 36.5. The Morgan fingerprint density at radius 1 is 0.825 bits per heavy atom. The van der Waals surface area contributed by atoms with Gasteiger partial charge in [0.25, 0.3) is 0 Å². The Labute approximate surface area is 342 Å². The predicted octanol–water partition coefficient (Wildman–Crippen LogP) is 6.27. The topological polar surface area (TPSA) is 180 Å². The van der Waals surface area contributed by atoms with Crippen molar-refractivity contribution in [2.45, 2.75) is 182 Å². The lowest BCUT2D eigenvalue weighted by molar-refractivity contribution is -0.374. The predicted molar refractivity (Wildman–Crippen MR) is 220 cm³/mol. The first-order chi connectivity index (χ1) is 26.6. The smallest absolute Gasteiger partial charge is 0.330 e. The number of allylic oxidation sites excluding steroid dienone is 4. The maximum absolute atomic E-state index is 13.6. The van der Waals surface area contributed by atoms with Crippen LogP contribution in [0.4, 0.5) is 0 Å². The van der Waals surface area contributed by atoms with Crippen molar-refractivity contribution >= 4 is 17.5 Å². The van der Waals surface area contributed by atoms with Crippen LogP contribution in [-0.4, -0.2) is 97.2 Å². The molecule has 18 atom stereocenters. The number of carbonyl (C=O) groups is 3. The van der Waals surface area contributed by atoms with Gasteiger partial charge in [0.15, 0.2) is 11.6 Å². The molecule has 11 heteroatoms. The minimum absolute atomic E-state index is 0.163. The van der Waals surface area contributed by atoms with E-state index < -0.39 is 89.0 Å². The van der Waals surface area contributed by atoms with Gasteiger partial charge in [-0.15, -0.1) is 0 Å². The van der Waals surface area contributed by atoms with E-state index in [0.29, 0.717) is 32.1 Å². The van der Waals surface area contributed by atoms with E-state index in [4.69, 9.17) is 14.2 Å². The third-order valence-electron chi connectivity index (χ3n) is 13.6. The Hall–Kier alpha value is -2.25. The molecule has 0 aromatic heterocycles. The first-order valence-corrected chi connectivity index (χ1v) is 21.7. The lowest BCUT2D eigenvalue weighted by Gasteiger charge is -2.56. The molecule has 0 aromatic carbocycles. The second kappa shape index (κ2) is 21.3. The largest absolute Gasteiger partial charge is 0.458 e. The monoisotopic (exact) mass is 805 g/mol. The molecule has 5 N–H and O–H groups in total. The van der Waals surface area contributed by atoms with Crippen LogP contribution in [0.15, 0.2) is 36.5 Å². The average molecular weight is 805 g/mol. The highest BCUT2D eigenvalue weighted by Crippen LogP contribution is 2.50. The van der Waals surface area contributed by atoms with Gasteiger partial charge >= 0.3 is 5.97 Å². The zero-order valence-electron chi connectivity index (χ0n) is 36.5. The van der Waals surface area contributed by atoms with Crippen LogP contribution in [0.2, 0.25) is 0 Å². The molecule has 3 aliphatic rings. The van der Waals surface area contributed by atoms with Crippen molar-refractivity contribution in [2.75, 3.05) is 0 Å². The highest BCUT2D eigenvalue weighted by molar-refractivity contribution is 5.91. The summed E-state index contributed by atoms with van der Waals surface area (Å²) in [6.45, 7) is 19.2. The fourth-order valence-corrected chi connectivity index (χ4v) is 9.37. The summed E-state index contributed by atoms with van der Waals surface area (Å²) in [5.74, 6) is -7.21. The van der Waals surface area contributed by atoms with E-state index in [1.807, 2.05) is 25.2 Å². The molecule has 2 fully saturated rings. The number of hydrogen-bond acceptors (Lipinski definition) is 11. The van der Waals surface area contributed by atoms with Crippen LogP contribution >= 0.6 is 0 Å². The number of esters is 1. The Morgan fingerprint density at radius 3 is 2.09 bits per heavy atom. The molecule has 0 amide bonds. The molecule has 11 nitrogen and oxygen atoms in total. The number of aliphatic hydroxyl groups is 5. The number of rotatable bonds is 4. The van der Waals surface area contributed by atoms with E-state index in [9.17, 15) is 39.9 Å². The summed E-state index contributed by atoms with van der Waals surface area (Å²) in [6.07, 6.45) is 10.3. The third-order valence-corrected chi connectivity index (χ3v) is 13.6. The van der Waals surface area contributed by atoms with Crippen molar-refractivity contribution in [3.8, 4) is 0 Å². The van der Waals surface area contributed by atoms with Gasteiger partial charge in [-0.05, 0) is 76.5 Å². The lowest BCUT2D eigenvalue weighted by Crippen LogP contribution is -2.63. The van der Waals surface area contributed by atoms with Crippen LogP contribution in [0.5, 0.6) is 0 Å². The minimum atomic E-state index is -2.18. The van der Waals surface area contributed by atoms with Gasteiger partial charge < -0.3 is 39.7 Å². The maximum Gasteiger partial charge on any atom is 0.330 e. The first-order valence-electron chi connectivity index (χ1n) is 21.7. The standard InChI is InChI=1S/C46H76O11/c1-12-34-18-16-14-15-17-28(5)43(52)45(11,54)44(53)33(10)41(51)32(9)40(50)31(8)39(49)27(4)19-22-38(48)55-42-30(7)36(21-20-34)56-46(35(42)13-2)24-23-26(3)37(57-46)25-29(6)47/h14-16,18-19,22,26-37,39,41-43,47,49,51-52,54H,12-13,17,20-21,23-25H2,1-11H3/t26-,27-,28+,29+,30+,31-,32-,33-,34-,35-,36-,37-,39+,41+,42+,43-,45+,46+/m1/s1. The summed E-state index contributed by atoms with van der Waals surface area (Å²) in [5.41, 5.74) is -2.18. The maximum atomic E-state index is 13.6.